The molecule has 0 saturated heterocycles. The molecule has 3 rings (SSSR count). The fourth-order valence-electron chi connectivity index (χ4n) is 2.43. The minimum Gasteiger partial charge on any atom is -0.306 e. The molecule has 0 radical (unpaired) electrons. The zero-order valence-electron chi connectivity index (χ0n) is 14.3. The fourth-order valence-corrected chi connectivity index (χ4v) is 3.40. The number of carbonyl (C=O) groups is 1. The monoisotopic (exact) mass is 358 g/mol. The van der Waals surface area contributed by atoms with E-state index >= 15 is 0 Å². The predicted molar refractivity (Wildman–Crippen MR) is 97.4 cm³/mol. The minimum absolute atomic E-state index is 0.197. The van der Waals surface area contributed by atoms with Crippen LogP contribution >= 0.6 is 11.3 Å². The van der Waals surface area contributed by atoms with Gasteiger partial charge in [0, 0.05) is 11.6 Å². The second-order valence-corrected chi connectivity index (χ2v) is 6.81. The highest BCUT2D eigenvalue weighted by molar-refractivity contribution is 7.17. The van der Waals surface area contributed by atoms with Crippen LogP contribution in [-0.2, 0) is 0 Å². The second kappa shape index (κ2) is 7.14. The van der Waals surface area contributed by atoms with E-state index in [0.717, 1.165) is 12.0 Å². The molecule has 1 N–H and O–H groups in total. The van der Waals surface area contributed by atoms with Gasteiger partial charge in [0.05, 0.1) is 17.9 Å². The van der Waals surface area contributed by atoms with Crippen molar-refractivity contribution >= 4 is 23.1 Å². The first kappa shape index (κ1) is 17.3. The van der Waals surface area contributed by atoms with E-state index in [2.05, 4.69) is 22.3 Å². The molecular weight excluding hydrogens is 339 g/mol. The molecule has 0 spiro atoms. The van der Waals surface area contributed by atoms with Crippen LogP contribution in [0.5, 0.6) is 0 Å². The first-order chi connectivity index (χ1) is 12.0. The van der Waals surface area contributed by atoms with Crippen LogP contribution in [0.3, 0.4) is 0 Å². The fraction of sp³-hybridized carbons (Fsp3) is 0.278. The molecule has 130 valence electrons. The third-order valence-corrected chi connectivity index (χ3v) is 5.22. The van der Waals surface area contributed by atoms with E-state index in [9.17, 15) is 9.18 Å². The van der Waals surface area contributed by atoms with Crippen molar-refractivity contribution in [3.8, 4) is 10.6 Å². The van der Waals surface area contributed by atoms with E-state index in [1.165, 1.54) is 23.5 Å². The smallest absolute Gasteiger partial charge is 0.268 e. The molecule has 0 saturated carbocycles. The molecule has 2 heterocycles. The Hall–Kier alpha value is -2.54. The Balaban J connectivity index is 1.84. The number of carbonyl (C=O) groups excluding carboxylic acids is 1. The average molecular weight is 358 g/mol. The van der Waals surface area contributed by atoms with Crippen molar-refractivity contribution in [2.75, 3.05) is 5.32 Å². The van der Waals surface area contributed by atoms with Gasteiger partial charge in [-0.25, -0.2) is 14.1 Å². The summed E-state index contributed by atoms with van der Waals surface area (Å²) in [7, 11) is 0. The Morgan fingerprint density at radius 3 is 2.72 bits per heavy atom. The summed E-state index contributed by atoms with van der Waals surface area (Å²) in [4.78, 5) is 17.6. The summed E-state index contributed by atoms with van der Waals surface area (Å²) in [6.45, 7) is 5.91. The van der Waals surface area contributed by atoms with Crippen LogP contribution in [0.15, 0.2) is 36.5 Å². The van der Waals surface area contributed by atoms with Gasteiger partial charge in [-0.3, -0.25) is 4.79 Å². The van der Waals surface area contributed by atoms with Gasteiger partial charge in [-0.05, 0) is 44.5 Å². The van der Waals surface area contributed by atoms with Crippen LogP contribution in [0.2, 0.25) is 0 Å². The summed E-state index contributed by atoms with van der Waals surface area (Å²) in [5, 5.41) is 7.87. The topological polar surface area (TPSA) is 59.8 Å². The van der Waals surface area contributed by atoms with E-state index in [1.54, 1.807) is 36.0 Å². The maximum atomic E-state index is 13.1. The zero-order chi connectivity index (χ0) is 18.0. The quantitative estimate of drug-likeness (QED) is 0.720. The summed E-state index contributed by atoms with van der Waals surface area (Å²) >= 11 is 1.29. The van der Waals surface area contributed by atoms with Gasteiger partial charge < -0.3 is 5.32 Å². The lowest BCUT2D eigenvalue weighted by atomic mass is 10.2. The number of hydrogen-bond acceptors (Lipinski definition) is 4. The normalized spacial score (nSPS) is 12.2. The highest BCUT2D eigenvalue weighted by atomic mass is 32.1. The molecule has 0 aliphatic heterocycles. The molecule has 5 nitrogen and oxygen atoms in total. The van der Waals surface area contributed by atoms with Gasteiger partial charge in [0.1, 0.15) is 21.5 Å². The van der Waals surface area contributed by atoms with Gasteiger partial charge in [0.25, 0.3) is 5.91 Å². The number of thiazole rings is 1. The van der Waals surface area contributed by atoms with E-state index < -0.39 is 0 Å². The maximum absolute atomic E-state index is 13.1. The molecule has 0 aliphatic rings. The number of nitrogens with zero attached hydrogens (tertiary/aromatic N) is 3. The number of halogens is 1. The van der Waals surface area contributed by atoms with Gasteiger partial charge in [-0.2, -0.15) is 5.10 Å². The van der Waals surface area contributed by atoms with Crippen molar-refractivity contribution in [2.45, 2.75) is 33.2 Å². The number of benzene rings is 1. The predicted octanol–water partition coefficient (Wildman–Crippen LogP) is 4.68. The van der Waals surface area contributed by atoms with Crippen molar-refractivity contribution in [2.24, 2.45) is 0 Å². The summed E-state index contributed by atoms with van der Waals surface area (Å²) in [5.74, 6) is 0.150. The molecule has 0 fully saturated rings. The maximum Gasteiger partial charge on any atom is 0.268 e. The molecule has 0 aliphatic carbocycles. The largest absolute Gasteiger partial charge is 0.306 e. The number of anilines is 1. The standard InChI is InChI=1S/C18H19FN4OS/c1-4-11(2)23-15(9-10-20-23)22-17(24)16-12(3)21-18(25-16)13-5-7-14(19)8-6-13/h5-11H,4H2,1-3H3,(H,22,24). The average Bonchev–Trinajstić information content (AvgIpc) is 3.21. The highest BCUT2D eigenvalue weighted by Crippen LogP contribution is 2.29. The zero-order valence-corrected chi connectivity index (χ0v) is 15.1. The molecule has 3 aromatic rings. The molecule has 1 atom stereocenters. The number of aromatic nitrogens is 3. The molecule has 0 bridgehead atoms. The van der Waals surface area contributed by atoms with E-state index in [4.69, 9.17) is 0 Å². The van der Waals surface area contributed by atoms with Gasteiger partial charge in [0.15, 0.2) is 0 Å². The van der Waals surface area contributed by atoms with Crippen molar-refractivity contribution in [1.29, 1.82) is 0 Å². The lowest BCUT2D eigenvalue weighted by Gasteiger charge is -2.13. The van der Waals surface area contributed by atoms with Gasteiger partial charge >= 0.3 is 0 Å². The molecule has 1 amide bonds. The summed E-state index contributed by atoms with van der Waals surface area (Å²) in [6, 6.07) is 8.07. The first-order valence-corrected chi connectivity index (χ1v) is 8.89. The lowest BCUT2D eigenvalue weighted by Crippen LogP contribution is -2.17. The number of amides is 1. The third kappa shape index (κ3) is 3.61. The summed E-state index contributed by atoms with van der Waals surface area (Å²) in [5.41, 5.74) is 1.44. The first-order valence-electron chi connectivity index (χ1n) is 8.07. The second-order valence-electron chi connectivity index (χ2n) is 5.81. The lowest BCUT2D eigenvalue weighted by molar-refractivity contribution is 0.102. The van der Waals surface area contributed by atoms with E-state index in [1.807, 2.05) is 6.92 Å². The molecule has 1 unspecified atom stereocenters. The van der Waals surface area contributed by atoms with E-state index in [0.29, 0.717) is 21.4 Å². The Morgan fingerprint density at radius 2 is 2.04 bits per heavy atom. The Labute approximate surface area is 149 Å². The number of rotatable bonds is 5. The highest BCUT2D eigenvalue weighted by Gasteiger charge is 2.18. The van der Waals surface area contributed by atoms with Crippen LogP contribution in [0, 0.1) is 12.7 Å². The minimum atomic E-state index is -0.298. The van der Waals surface area contributed by atoms with Crippen LogP contribution in [0.4, 0.5) is 10.2 Å². The van der Waals surface area contributed by atoms with E-state index in [-0.39, 0.29) is 17.8 Å². The third-order valence-electron chi connectivity index (χ3n) is 4.01. The van der Waals surface area contributed by atoms with Gasteiger partial charge in [0.2, 0.25) is 0 Å². The van der Waals surface area contributed by atoms with Crippen LogP contribution in [0.1, 0.15) is 41.7 Å². The van der Waals surface area contributed by atoms with Gasteiger partial charge in [-0.1, -0.05) is 6.92 Å². The van der Waals surface area contributed by atoms with Crippen molar-refractivity contribution in [3.05, 3.63) is 52.9 Å². The van der Waals surface area contributed by atoms with Crippen molar-refractivity contribution < 1.29 is 9.18 Å². The molecule has 1 aromatic carbocycles. The van der Waals surface area contributed by atoms with Gasteiger partial charge in [-0.15, -0.1) is 11.3 Å². The van der Waals surface area contributed by atoms with Crippen molar-refractivity contribution in [3.63, 3.8) is 0 Å². The Bertz CT molecular complexity index is 885. The summed E-state index contributed by atoms with van der Waals surface area (Å²) in [6.07, 6.45) is 2.59. The van der Waals surface area contributed by atoms with Crippen molar-refractivity contribution in [1.82, 2.24) is 14.8 Å². The number of nitrogens with one attached hydrogen (secondary N) is 1. The number of hydrogen-bond donors (Lipinski definition) is 1. The molecule has 7 heteroatoms. The summed E-state index contributed by atoms with van der Waals surface area (Å²) < 4.78 is 14.9. The van der Waals surface area contributed by atoms with Crippen LogP contribution < -0.4 is 5.32 Å². The Kier molecular flexibility index (Phi) is 4.94. The number of aryl methyl sites for hydroxylation is 1. The SMILES string of the molecule is CCC(C)n1nccc1NC(=O)c1sc(-c2ccc(F)cc2)nc1C. The molecule has 25 heavy (non-hydrogen) atoms. The molecule has 2 aromatic heterocycles. The van der Waals surface area contributed by atoms with Crippen LogP contribution in [-0.4, -0.2) is 20.7 Å². The Morgan fingerprint density at radius 1 is 1.32 bits per heavy atom. The molecular formula is C18H19FN4OS. The van der Waals surface area contributed by atoms with Crippen LogP contribution in [0.25, 0.3) is 10.6 Å².